The van der Waals surface area contributed by atoms with E-state index in [0.717, 1.165) is 28.0 Å². The van der Waals surface area contributed by atoms with Crippen molar-refractivity contribution in [2.45, 2.75) is 6.54 Å². The summed E-state index contributed by atoms with van der Waals surface area (Å²) >= 11 is 2.05. The van der Waals surface area contributed by atoms with Gasteiger partial charge in [0.1, 0.15) is 4.88 Å². The van der Waals surface area contributed by atoms with Gasteiger partial charge in [0, 0.05) is 4.88 Å². The van der Waals surface area contributed by atoms with Crippen LogP contribution >= 0.6 is 23.1 Å². The minimum atomic E-state index is -0.996. The van der Waals surface area contributed by atoms with Crippen LogP contribution in [0.5, 0.6) is 0 Å². The fourth-order valence-corrected chi connectivity index (χ4v) is 2.83. The van der Waals surface area contributed by atoms with Gasteiger partial charge in [-0.3, -0.25) is 14.5 Å². The Balaban J connectivity index is 2.11. The lowest BCUT2D eigenvalue weighted by Crippen LogP contribution is -2.27. The number of thioether (sulfide) groups is 1. The Morgan fingerprint density at radius 1 is 1.44 bits per heavy atom. The summed E-state index contributed by atoms with van der Waals surface area (Å²) in [5.74, 6) is -1.04. The fourth-order valence-electron chi connectivity index (χ4n) is 1.27. The molecule has 1 aliphatic rings. The topological polar surface area (TPSA) is 74.7 Å². The molecule has 1 fully saturated rings. The summed E-state index contributed by atoms with van der Waals surface area (Å²) < 4.78 is 0. The van der Waals surface area contributed by atoms with Crippen LogP contribution in [-0.4, -0.2) is 32.9 Å². The van der Waals surface area contributed by atoms with Crippen molar-refractivity contribution >= 4 is 40.2 Å². The zero-order chi connectivity index (χ0) is 11.7. The van der Waals surface area contributed by atoms with E-state index in [-0.39, 0.29) is 28.3 Å². The van der Waals surface area contributed by atoms with Gasteiger partial charge in [-0.25, -0.2) is 4.79 Å². The first kappa shape index (κ1) is 11.2. The van der Waals surface area contributed by atoms with Crippen molar-refractivity contribution in [2.75, 3.05) is 5.75 Å². The predicted molar refractivity (Wildman–Crippen MR) is 59.7 cm³/mol. The Kier molecular flexibility index (Phi) is 2.97. The molecular weight excluding hydrogens is 250 g/mol. The second-order valence-corrected chi connectivity index (χ2v) is 5.20. The Hall–Kier alpha value is -1.34. The molecule has 84 valence electrons. The van der Waals surface area contributed by atoms with Crippen LogP contribution in [0.1, 0.15) is 14.5 Å². The van der Waals surface area contributed by atoms with E-state index in [0.29, 0.717) is 4.88 Å². The molecule has 2 heterocycles. The second kappa shape index (κ2) is 4.26. The average molecular weight is 257 g/mol. The van der Waals surface area contributed by atoms with Gasteiger partial charge in [-0.15, -0.1) is 11.3 Å². The maximum Gasteiger partial charge on any atom is 0.345 e. The highest BCUT2D eigenvalue weighted by Crippen LogP contribution is 2.24. The van der Waals surface area contributed by atoms with Crippen molar-refractivity contribution in [1.82, 2.24) is 4.90 Å². The van der Waals surface area contributed by atoms with Crippen LogP contribution in [0.3, 0.4) is 0 Å². The van der Waals surface area contributed by atoms with Gasteiger partial charge in [0.2, 0.25) is 5.91 Å². The lowest BCUT2D eigenvalue weighted by atomic mass is 10.4. The summed E-state index contributed by atoms with van der Waals surface area (Å²) in [7, 11) is 0. The van der Waals surface area contributed by atoms with E-state index in [9.17, 15) is 14.4 Å². The van der Waals surface area contributed by atoms with Gasteiger partial charge in [0.05, 0.1) is 12.3 Å². The molecule has 0 radical (unpaired) electrons. The molecule has 1 aromatic heterocycles. The lowest BCUT2D eigenvalue weighted by molar-refractivity contribution is -0.124. The first-order valence-corrected chi connectivity index (χ1v) is 6.17. The Morgan fingerprint density at radius 3 is 2.69 bits per heavy atom. The van der Waals surface area contributed by atoms with Crippen molar-refractivity contribution in [2.24, 2.45) is 0 Å². The first-order valence-electron chi connectivity index (χ1n) is 4.37. The minimum Gasteiger partial charge on any atom is -0.477 e. The van der Waals surface area contributed by atoms with Crippen molar-refractivity contribution in [3.05, 3.63) is 21.9 Å². The summed E-state index contributed by atoms with van der Waals surface area (Å²) in [4.78, 5) is 35.3. The number of amides is 2. The van der Waals surface area contributed by atoms with Crippen LogP contribution in [0, 0.1) is 0 Å². The highest BCUT2D eigenvalue weighted by molar-refractivity contribution is 8.14. The molecule has 1 saturated heterocycles. The molecule has 0 aliphatic carbocycles. The third-order valence-corrected chi connectivity index (χ3v) is 3.94. The number of carbonyl (C=O) groups is 3. The van der Waals surface area contributed by atoms with E-state index < -0.39 is 5.97 Å². The third-order valence-electron chi connectivity index (χ3n) is 2.03. The van der Waals surface area contributed by atoms with Crippen LogP contribution in [0.2, 0.25) is 0 Å². The van der Waals surface area contributed by atoms with Gasteiger partial charge in [-0.2, -0.15) is 0 Å². The molecule has 2 rings (SSSR count). The molecular formula is C9H7NO4S2. The van der Waals surface area contributed by atoms with E-state index in [1.54, 1.807) is 6.07 Å². The van der Waals surface area contributed by atoms with Gasteiger partial charge in [-0.05, 0) is 12.1 Å². The third kappa shape index (κ3) is 2.10. The maximum atomic E-state index is 11.3. The molecule has 0 atom stereocenters. The summed E-state index contributed by atoms with van der Waals surface area (Å²) in [6, 6.07) is 3.10. The highest BCUT2D eigenvalue weighted by Gasteiger charge is 2.30. The van der Waals surface area contributed by atoms with Crippen LogP contribution in [0.15, 0.2) is 12.1 Å². The number of carbonyl (C=O) groups excluding carboxylic acids is 2. The summed E-state index contributed by atoms with van der Waals surface area (Å²) in [6.45, 7) is 0.169. The zero-order valence-corrected chi connectivity index (χ0v) is 9.64. The second-order valence-electron chi connectivity index (χ2n) is 3.11. The van der Waals surface area contributed by atoms with Crippen LogP contribution < -0.4 is 0 Å². The SMILES string of the molecule is O=C(O)c1ccc(CN2C(=O)CSC2=O)s1. The lowest BCUT2D eigenvalue weighted by Gasteiger charge is -2.10. The van der Waals surface area contributed by atoms with Gasteiger partial charge in [-0.1, -0.05) is 11.8 Å². The van der Waals surface area contributed by atoms with E-state index in [2.05, 4.69) is 0 Å². The molecule has 1 N–H and O–H groups in total. The highest BCUT2D eigenvalue weighted by atomic mass is 32.2. The summed E-state index contributed by atoms with van der Waals surface area (Å²) in [6.07, 6.45) is 0. The normalized spacial score (nSPS) is 15.9. The van der Waals surface area contributed by atoms with Crippen molar-refractivity contribution in [3.8, 4) is 0 Å². The predicted octanol–water partition coefficient (Wildman–Crippen LogP) is 1.64. The molecule has 1 aromatic rings. The molecule has 0 spiro atoms. The maximum absolute atomic E-state index is 11.3. The molecule has 5 nitrogen and oxygen atoms in total. The van der Waals surface area contributed by atoms with Crippen molar-refractivity contribution in [1.29, 1.82) is 0 Å². The van der Waals surface area contributed by atoms with Crippen molar-refractivity contribution < 1.29 is 19.5 Å². The molecule has 0 bridgehead atoms. The molecule has 16 heavy (non-hydrogen) atoms. The number of imide groups is 1. The number of rotatable bonds is 3. The molecule has 0 unspecified atom stereocenters. The van der Waals surface area contributed by atoms with Crippen LogP contribution in [0.4, 0.5) is 4.79 Å². The van der Waals surface area contributed by atoms with E-state index >= 15 is 0 Å². The van der Waals surface area contributed by atoms with Gasteiger partial charge < -0.3 is 5.11 Å². The number of aromatic carboxylic acids is 1. The fraction of sp³-hybridized carbons (Fsp3) is 0.222. The van der Waals surface area contributed by atoms with Gasteiger partial charge in [0.25, 0.3) is 5.24 Å². The number of thiophene rings is 1. The molecule has 1 aliphatic heterocycles. The number of carboxylic acid groups (broad SMARTS) is 1. The first-order chi connectivity index (χ1) is 7.58. The van der Waals surface area contributed by atoms with Gasteiger partial charge in [0.15, 0.2) is 0 Å². The monoisotopic (exact) mass is 257 g/mol. The largest absolute Gasteiger partial charge is 0.477 e. The molecule has 0 aromatic carbocycles. The van der Waals surface area contributed by atoms with E-state index in [1.807, 2.05) is 0 Å². The van der Waals surface area contributed by atoms with Crippen molar-refractivity contribution in [3.63, 3.8) is 0 Å². The van der Waals surface area contributed by atoms with E-state index in [4.69, 9.17) is 5.11 Å². The number of carboxylic acids is 1. The van der Waals surface area contributed by atoms with E-state index in [1.165, 1.54) is 6.07 Å². The molecule has 7 heteroatoms. The van der Waals surface area contributed by atoms with Crippen LogP contribution in [-0.2, 0) is 11.3 Å². The summed E-state index contributed by atoms with van der Waals surface area (Å²) in [5.41, 5.74) is 0. The number of nitrogens with zero attached hydrogens (tertiary/aromatic N) is 1. The zero-order valence-electron chi connectivity index (χ0n) is 8.00. The average Bonchev–Trinajstić information content (AvgIpc) is 2.80. The standard InChI is InChI=1S/C9H7NO4S2/c11-7-4-15-9(14)10(7)3-5-1-2-6(16-5)8(12)13/h1-2H,3-4H2,(H,12,13). The Bertz CT molecular complexity index is 452. The molecule has 2 amide bonds. The Labute approximate surface area is 99.1 Å². The summed E-state index contributed by atoms with van der Waals surface area (Å²) in [5, 5.41) is 8.45. The Morgan fingerprint density at radius 2 is 2.19 bits per heavy atom. The van der Waals surface area contributed by atoms with Crippen LogP contribution in [0.25, 0.3) is 0 Å². The van der Waals surface area contributed by atoms with Gasteiger partial charge >= 0.3 is 5.97 Å². The number of hydrogen-bond donors (Lipinski definition) is 1. The minimum absolute atomic E-state index is 0.169. The smallest absolute Gasteiger partial charge is 0.345 e. The quantitative estimate of drug-likeness (QED) is 0.891. The number of hydrogen-bond acceptors (Lipinski definition) is 5. The molecule has 0 saturated carbocycles.